The Balaban J connectivity index is 1.86. The Bertz CT molecular complexity index is 294. The minimum Gasteiger partial charge on any atom is -0.303 e. The van der Waals surface area contributed by atoms with Gasteiger partial charge in [-0.15, -0.1) is 0 Å². The van der Waals surface area contributed by atoms with E-state index in [1.807, 2.05) is 0 Å². The summed E-state index contributed by atoms with van der Waals surface area (Å²) < 4.78 is 0. The first kappa shape index (κ1) is 15.0. The smallest absolute Gasteiger partial charge is 0.127 e. The Morgan fingerprint density at radius 1 is 1.00 bits per heavy atom. The second-order valence-corrected chi connectivity index (χ2v) is 7.47. The molecule has 1 aliphatic carbocycles. The summed E-state index contributed by atoms with van der Waals surface area (Å²) in [7, 11) is 0. The van der Waals surface area contributed by atoms with Gasteiger partial charge in [-0.05, 0) is 33.6 Å². The van der Waals surface area contributed by atoms with Crippen molar-refractivity contribution in [2.45, 2.75) is 58.4 Å². The highest BCUT2D eigenvalue weighted by Crippen LogP contribution is 2.35. The van der Waals surface area contributed by atoms with Crippen molar-refractivity contribution in [3.63, 3.8) is 0 Å². The molecular formula is C16H30N2O. The highest BCUT2D eigenvalue weighted by Gasteiger charge is 2.35. The fourth-order valence-electron chi connectivity index (χ4n) is 3.59. The molecule has 110 valence electrons. The Kier molecular flexibility index (Phi) is 4.67. The van der Waals surface area contributed by atoms with E-state index in [1.54, 1.807) is 0 Å². The third-order valence-electron chi connectivity index (χ3n) is 4.96. The summed E-state index contributed by atoms with van der Waals surface area (Å²) in [5, 5.41) is 0. The van der Waals surface area contributed by atoms with Gasteiger partial charge in [-0.3, -0.25) is 9.80 Å². The van der Waals surface area contributed by atoms with Crippen LogP contribution in [0.25, 0.3) is 0 Å². The summed E-state index contributed by atoms with van der Waals surface area (Å²) in [5.41, 5.74) is 0.251. The lowest BCUT2D eigenvalue weighted by molar-refractivity contribution is -0.119. The molecule has 3 nitrogen and oxygen atoms in total. The number of carbonyl (C=O) groups is 1. The van der Waals surface area contributed by atoms with E-state index in [2.05, 4.69) is 30.6 Å². The lowest BCUT2D eigenvalue weighted by Crippen LogP contribution is -2.55. The number of hydrogen-bond donors (Lipinski definition) is 0. The Morgan fingerprint density at radius 3 is 2.05 bits per heavy atom. The van der Waals surface area contributed by atoms with E-state index in [4.69, 9.17) is 0 Å². The highest BCUT2D eigenvalue weighted by molar-refractivity contribution is 5.60. The summed E-state index contributed by atoms with van der Waals surface area (Å²) in [6.45, 7) is 12.4. The van der Waals surface area contributed by atoms with E-state index in [1.165, 1.54) is 25.5 Å². The topological polar surface area (TPSA) is 23.6 Å². The predicted octanol–water partition coefficient (Wildman–Crippen LogP) is 2.55. The molecule has 0 spiro atoms. The van der Waals surface area contributed by atoms with Gasteiger partial charge in [-0.25, -0.2) is 0 Å². The molecule has 0 unspecified atom stereocenters. The standard InChI is InChI=1S/C16H30N2O/c1-15(2,3)18-11-9-17(10-12-18)13-16(14-19)7-5-4-6-8-16/h14H,4-13H2,1-3H3. The number of hydrogen-bond acceptors (Lipinski definition) is 3. The highest BCUT2D eigenvalue weighted by atomic mass is 16.1. The number of piperazine rings is 1. The van der Waals surface area contributed by atoms with Crippen LogP contribution in [-0.2, 0) is 4.79 Å². The average Bonchev–Trinajstić information content (AvgIpc) is 2.39. The molecule has 0 atom stereocenters. The van der Waals surface area contributed by atoms with Crippen LogP contribution in [0, 0.1) is 5.41 Å². The van der Waals surface area contributed by atoms with Crippen LogP contribution in [0.2, 0.25) is 0 Å². The molecule has 0 N–H and O–H groups in total. The zero-order chi connectivity index (χ0) is 13.9. The molecule has 2 rings (SSSR count). The van der Waals surface area contributed by atoms with Gasteiger partial charge < -0.3 is 4.79 Å². The van der Waals surface area contributed by atoms with Crippen molar-refractivity contribution in [1.29, 1.82) is 0 Å². The maximum Gasteiger partial charge on any atom is 0.127 e. The van der Waals surface area contributed by atoms with Crippen molar-refractivity contribution in [3.8, 4) is 0 Å². The summed E-state index contributed by atoms with van der Waals surface area (Å²) in [6.07, 6.45) is 7.27. The van der Waals surface area contributed by atoms with Gasteiger partial charge in [0.2, 0.25) is 0 Å². The van der Waals surface area contributed by atoms with Crippen LogP contribution in [0.15, 0.2) is 0 Å². The monoisotopic (exact) mass is 266 g/mol. The van der Waals surface area contributed by atoms with Gasteiger partial charge in [0.1, 0.15) is 6.29 Å². The maximum atomic E-state index is 11.5. The van der Waals surface area contributed by atoms with Crippen molar-refractivity contribution < 1.29 is 4.79 Å². The van der Waals surface area contributed by atoms with Gasteiger partial charge >= 0.3 is 0 Å². The molecule has 2 fully saturated rings. The van der Waals surface area contributed by atoms with E-state index in [0.717, 1.165) is 45.6 Å². The average molecular weight is 266 g/mol. The SMILES string of the molecule is CC(C)(C)N1CCN(CC2(C=O)CCCCC2)CC1. The van der Waals surface area contributed by atoms with Crippen LogP contribution in [0.4, 0.5) is 0 Å². The van der Waals surface area contributed by atoms with Crippen LogP contribution in [0.1, 0.15) is 52.9 Å². The molecule has 2 aliphatic rings. The lowest BCUT2D eigenvalue weighted by Gasteiger charge is -2.45. The molecule has 1 heterocycles. The largest absolute Gasteiger partial charge is 0.303 e. The number of nitrogens with zero attached hydrogens (tertiary/aromatic N) is 2. The number of rotatable bonds is 3. The normalized spacial score (nSPS) is 26.3. The molecular weight excluding hydrogens is 236 g/mol. The lowest BCUT2D eigenvalue weighted by atomic mass is 9.75. The second-order valence-electron chi connectivity index (χ2n) is 7.47. The molecule has 0 bridgehead atoms. The number of aldehydes is 1. The van der Waals surface area contributed by atoms with Gasteiger partial charge in [0.15, 0.2) is 0 Å². The summed E-state index contributed by atoms with van der Waals surface area (Å²) in [4.78, 5) is 16.6. The van der Waals surface area contributed by atoms with Crippen molar-refractivity contribution in [2.75, 3.05) is 32.7 Å². The summed E-state index contributed by atoms with van der Waals surface area (Å²) >= 11 is 0. The van der Waals surface area contributed by atoms with Gasteiger partial charge in [-0.2, -0.15) is 0 Å². The minimum absolute atomic E-state index is 0.0256. The van der Waals surface area contributed by atoms with Crippen molar-refractivity contribution >= 4 is 6.29 Å². The molecule has 1 aliphatic heterocycles. The molecule has 0 aromatic carbocycles. The Morgan fingerprint density at radius 2 is 1.58 bits per heavy atom. The molecule has 0 radical (unpaired) electrons. The fraction of sp³-hybridized carbons (Fsp3) is 0.938. The predicted molar refractivity (Wildman–Crippen MR) is 79.3 cm³/mol. The molecule has 1 saturated carbocycles. The van der Waals surface area contributed by atoms with Crippen molar-refractivity contribution in [2.24, 2.45) is 5.41 Å². The van der Waals surface area contributed by atoms with Crippen LogP contribution >= 0.6 is 0 Å². The van der Waals surface area contributed by atoms with E-state index >= 15 is 0 Å². The molecule has 0 aromatic heterocycles. The van der Waals surface area contributed by atoms with E-state index in [-0.39, 0.29) is 11.0 Å². The Labute approximate surface area is 118 Å². The van der Waals surface area contributed by atoms with Gasteiger partial charge in [0, 0.05) is 43.7 Å². The molecule has 19 heavy (non-hydrogen) atoms. The maximum absolute atomic E-state index is 11.5. The van der Waals surface area contributed by atoms with E-state index < -0.39 is 0 Å². The van der Waals surface area contributed by atoms with Gasteiger partial charge in [0.05, 0.1) is 0 Å². The Hall–Kier alpha value is -0.410. The van der Waals surface area contributed by atoms with Crippen LogP contribution in [-0.4, -0.2) is 54.3 Å². The van der Waals surface area contributed by atoms with Crippen LogP contribution in [0.5, 0.6) is 0 Å². The summed E-state index contributed by atoms with van der Waals surface area (Å²) in [6, 6.07) is 0. The number of carbonyl (C=O) groups excluding carboxylic acids is 1. The quantitative estimate of drug-likeness (QED) is 0.734. The zero-order valence-electron chi connectivity index (χ0n) is 13.0. The van der Waals surface area contributed by atoms with Crippen LogP contribution in [0.3, 0.4) is 0 Å². The first-order valence-corrected chi connectivity index (χ1v) is 7.89. The van der Waals surface area contributed by atoms with Gasteiger partial charge in [-0.1, -0.05) is 19.3 Å². The van der Waals surface area contributed by atoms with Crippen molar-refractivity contribution in [3.05, 3.63) is 0 Å². The second kappa shape index (κ2) is 5.92. The molecule has 3 heteroatoms. The molecule has 0 aromatic rings. The van der Waals surface area contributed by atoms with E-state index in [9.17, 15) is 4.79 Å². The van der Waals surface area contributed by atoms with Gasteiger partial charge in [0.25, 0.3) is 0 Å². The zero-order valence-corrected chi connectivity index (χ0v) is 13.0. The minimum atomic E-state index is -0.0256. The third-order valence-corrected chi connectivity index (χ3v) is 4.96. The third kappa shape index (κ3) is 3.79. The first-order chi connectivity index (χ1) is 8.95. The van der Waals surface area contributed by atoms with Crippen molar-refractivity contribution in [1.82, 2.24) is 9.80 Å². The molecule has 1 saturated heterocycles. The van der Waals surface area contributed by atoms with Crippen LogP contribution < -0.4 is 0 Å². The van der Waals surface area contributed by atoms with E-state index in [0.29, 0.717) is 0 Å². The fourth-order valence-corrected chi connectivity index (χ4v) is 3.59. The molecule has 0 amide bonds. The first-order valence-electron chi connectivity index (χ1n) is 7.89. The summed E-state index contributed by atoms with van der Waals surface area (Å²) in [5.74, 6) is 0.